The largest absolute Gasteiger partial charge is 0.420 e. The molecule has 4 aliphatic heterocycles. The number of alkyl halides is 18. The molecule has 24 heteroatoms. The standard InChI is InChI=1S/C36H14F18N6/c37-31(38,39)25-13-1-2-14(55-13)26(32(40,41)42)16-5-6-18(57-16)28(34(46,47)48)20-9-10-22(59-20)30(36(52,53)54)24-12-11-23(60-24)29(35(49,50)51)21-8-7-19(58-21)27(33(43,44)45)17-4-3-15(25)56-17/h1-12,55-56H. The first-order chi connectivity index (χ1) is 27.5. The summed E-state index contributed by atoms with van der Waals surface area (Å²) in [4.78, 5) is 17.0. The maximum Gasteiger partial charge on any atom is 0.420 e. The Morgan fingerprint density at radius 1 is 0.250 bits per heavy atom. The summed E-state index contributed by atoms with van der Waals surface area (Å²) in [6.45, 7) is 0. The summed E-state index contributed by atoms with van der Waals surface area (Å²) in [5, 5.41) is 0. The van der Waals surface area contributed by atoms with E-state index < -0.39 is 138 Å². The summed E-state index contributed by atoms with van der Waals surface area (Å²) in [6, 6.07) is 1.67. The van der Waals surface area contributed by atoms with Gasteiger partial charge in [0.15, 0.2) is 0 Å². The molecule has 0 saturated carbocycles. The molecule has 0 aliphatic carbocycles. The Labute approximate surface area is 320 Å². The van der Waals surface area contributed by atoms with Gasteiger partial charge in [0.2, 0.25) is 0 Å². The van der Waals surface area contributed by atoms with Crippen LogP contribution in [0.25, 0.3) is 70.7 Å². The zero-order valence-corrected chi connectivity index (χ0v) is 28.5. The summed E-state index contributed by atoms with van der Waals surface area (Å²) in [5.41, 5.74) is -27.4. The lowest BCUT2D eigenvalue weighted by atomic mass is 10.1. The van der Waals surface area contributed by atoms with Crippen LogP contribution in [0.2, 0.25) is 0 Å². The van der Waals surface area contributed by atoms with Gasteiger partial charge in [0, 0.05) is 0 Å². The first-order valence-electron chi connectivity index (χ1n) is 16.2. The highest BCUT2D eigenvalue weighted by atomic mass is 19.4. The van der Waals surface area contributed by atoms with Crippen LogP contribution in [-0.4, -0.2) is 29.9 Å². The minimum Gasteiger partial charge on any atom is -0.354 e. The van der Waals surface area contributed by atoms with Crippen molar-refractivity contribution in [3.63, 3.8) is 0 Å². The molecule has 0 aromatic carbocycles. The van der Waals surface area contributed by atoms with Crippen molar-refractivity contribution < 1.29 is 79.0 Å². The lowest BCUT2D eigenvalue weighted by molar-refractivity contribution is -0.139. The Morgan fingerprint density at radius 2 is 0.417 bits per heavy atom. The van der Waals surface area contributed by atoms with Gasteiger partial charge in [-0.25, -0.2) is 19.9 Å². The number of H-pyrrole nitrogens is 2. The Bertz CT molecular complexity index is 2610. The molecular formula is C36H14F18N6. The van der Waals surface area contributed by atoms with Gasteiger partial charge in [-0.3, -0.25) is 0 Å². The molecule has 314 valence electrons. The molecule has 0 atom stereocenters. The highest BCUT2D eigenvalue weighted by Gasteiger charge is 2.44. The molecule has 0 unspecified atom stereocenters. The number of nitrogens with one attached hydrogen (secondary N) is 2. The van der Waals surface area contributed by atoms with E-state index in [9.17, 15) is 79.0 Å². The molecule has 12 bridgehead atoms. The van der Waals surface area contributed by atoms with Gasteiger partial charge in [0.05, 0.1) is 67.6 Å². The zero-order valence-electron chi connectivity index (χ0n) is 28.5. The van der Waals surface area contributed by atoms with Gasteiger partial charge in [0.1, 0.15) is 33.4 Å². The van der Waals surface area contributed by atoms with Crippen molar-refractivity contribution in [3.8, 4) is 0 Å². The third kappa shape index (κ3) is 7.64. The van der Waals surface area contributed by atoms with Crippen molar-refractivity contribution in [2.24, 2.45) is 0 Å². The topological polar surface area (TPSA) is 83.1 Å². The number of rotatable bonds is 0. The summed E-state index contributed by atoms with van der Waals surface area (Å²) < 4.78 is 262. The first kappa shape index (κ1) is 41.8. The van der Waals surface area contributed by atoms with Crippen molar-refractivity contribution in [3.05, 3.63) is 103 Å². The zero-order chi connectivity index (χ0) is 44.1. The molecule has 0 spiro atoms. The molecule has 2 N–H and O–H groups in total. The molecule has 0 amide bonds. The van der Waals surface area contributed by atoms with Crippen molar-refractivity contribution >= 4 is 70.7 Å². The van der Waals surface area contributed by atoms with Crippen LogP contribution in [0, 0.1) is 0 Å². The van der Waals surface area contributed by atoms with Crippen LogP contribution in [0.15, 0.2) is 24.3 Å². The van der Waals surface area contributed by atoms with E-state index in [0.717, 1.165) is 0 Å². The fourth-order valence-corrected chi connectivity index (χ4v) is 6.52. The average molecular weight is 873 g/mol. The monoisotopic (exact) mass is 872 g/mol. The van der Waals surface area contributed by atoms with Crippen molar-refractivity contribution in [2.45, 2.75) is 37.1 Å². The smallest absolute Gasteiger partial charge is 0.354 e. The molecular weight excluding hydrogens is 858 g/mol. The van der Waals surface area contributed by atoms with E-state index in [0.29, 0.717) is 72.9 Å². The van der Waals surface area contributed by atoms with Crippen LogP contribution in [-0.2, 0) is 37.1 Å². The predicted molar refractivity (Wildman–Crippen MR) is 178 cm³/mol. The molecule has 3 aromatic rings. The van der Waals surface area contributed by atoms with E-state index in [1.165, 1.54) is 0 Å². The van der Waals surface area contributed by atoms with Crippen LogP contribution in [0.3, 0.4) is 0 Å². The molecule has 0 radical (unpaired) electrons. The van der Waals surface area contributed by atoms with Crippen LogP contribution in [0.1, 0.15) is 78.9 Å². The Kier molecular flexibility index (Phi) is 9.46. The normalized spacial score (nSPS) is 14.6. The quantitative estimate of drug-likeness (QED) is 0.149. The fourth-order valence-electron chi connectivity index (χ4n) is 6.52. The van der Waals surface area contributed by atoms with Crippen molar-refractivity contribution in [1.29, 1.82) is 0 Å². The fraction of sp³-hybridized carbons (Fsp3) is 0.167. The van der Waals surface area contributed by atoms with Crippen LogP contribution < -0.4 is 0 Å². The molecule has 7 heterocycles. The first-order valence-corrected chi connectivity index (χ1v) is 16.2. The number of aromatic amines is 2. The average Bonchev–Trinajstić information content (AvgIpc) is 3.90. The number of halogens is 18. The summed E-state index contributed by atoms with van der Waals surface area (Å²) >= 11 is 0. The van der Waals surface area contributed by atoms with Gasteiger partial charge in [0.25, 0.3) is 0 Å². The number of hydrogen-bond donors (Lipinski definition) is 2. The number of hydrogen-bond acceptors (Lipinski definition) is 4. The molecule has 60 heavy (non-hydrogen) atoms. The lowest BCUT2D eigenvalue weighted by Gasteiger charge is -2.10. The van der Waals surface area contributed by atoms with Crippen LogP contribution in [0.5, 0.6) is 0 Å². The second-order valence-corrected chi connectivity index (χ2v) is 12.7. The van der Waals surface area contributed by atoms with Gasteiger partial charge in [-0.05, 0) is 72.9 Å². The molecule has 0 fully saturated rings. The number of fused-ring (bicyclic) bond motifs is 12. The SMILES string of the molecule is FC(F)(F)c1c2nc(c(C(F)(F)F)c3nc(c(C(F)(F)F)c4ccc([nH]4)c(C(F)(F)F)c4ccc([nH]4)c(C(F)(F)F)c4nc(c(C(F)(F)F)c5nc1C=C5)C=C4)C=C3)C=C2. The summed E-state index contributed by atoms with van der Waals surface area (Å²) in [5.74, 6) is 0. The maximum absolute atomic E-state index is 14.6. The van der Waals surface area contributed by atoms with Crippen LogP contribution >= 0.6 is 0 Å². The molecule has 4 aliphatic rings. The maximum atomic E-state index is 14.6. The predicted octanol–water partition coefficient (Wildman–Crippen LogP) is 12.8. The Morgan fingerprint density at radius 3 is 0.600 bits per heavy atom. The number of aromatic nitrogens is 6. The number of nitrogens with zero attached hydrogens (tertiary/aromatic N) is 4. The Balaban J connectivity index is 1.73. The van der Waals surface area contributed by atoms with Gasteiger partial charge >= 0.3 is 37.1 Å². The molecule has 0 saturated heterocycles. The van der Waals surface area contributed by atoms with E-state index >= 15 is 0 Å². The molecule has 6 nitrogen and oxygen atoms in total. The van der Waals surface area contributed by atoms with Gasteiger partial charge in [-0.15, -0.1) is 0 Å². The third-order valence-electron chi connectivity index (χ3n) is 8.76. The summed E-state index contributed by atoms with van der Waals surface area (Å²) in [6.07, 6.45) is -30.7. The molecule has 7 rings (SSSR count). The van der Waals surface area contributed by atoms with Crippen LogP contribution in [0.4, 0.5) is 79.0 Å². The van der Waals surface area contributed by atoms with E-state index in [4.69, 9.17) is 0 Å². The second kappa shape index (κ2) is 13.6. The van der Waals surface area contributed by atoms with Gasteiger partial charge in [-0.1, -0.05) is 0 Å². The van der Waals surface area contributed by atoms with Crippen molar-refractivity contribution in [2.75, 3.05) is 0 Å². The van der Waals surface area contributed by atoms with Gasteiger partial charge in [-0.2, -0.15) is 79.0 Å². The van der Waals surface area contributed by atoms with Gasteiger partial charge < -0.3 is 9.97 Å². The van der Waals surface area contributed by atoms with E-state index in [-0.39, 0.29) is 0 Å². The van der Waals surface area contributed by atoms with E-state index in [1.807, 2.05) is 9.97 Å². The summed E-state index contributed by atoms with van der Waals surface area (Å²) in [7, 11) is 0. The molecule has 3 aromatic heterocycles. The minimum atomic E-state index is -5.61. The van der Waals surface area contributed by atoms with E-state index in [2.05, 4.69) is 19.9 Å². The minimum absolute atomic E-state index is 0.353. The van der Waals surface area contributed by atoms with E-state index in [1.54, 1.807) is 0 Å². The Hall–Kier alpha value is -6.36. The van der Waals surface area contributed by atoms with Crippen molar-refractivity contribution in [1.82, 2.24) is 29.9 Å². The highest BCUT2D eigenvalue weighted by molar-refractivity contribution is 5.85. The highest BCUT2D eigenvalue weighted by Crippen LogP contribution is 2.45. The lowest BCUT2D eigenvalue weighted by Crippen LogP contribution is -2.12. The second-order valence-electron chi connectivity index (χ2n) is 12.7. The third-order valence-corrected chi connectivity index (χ3v) is 8.76.